The summed E-state index contributed by atoms with van der Waals surface area (Å²) < 4.78 is 5.07. The van der Waals surface area contributed by atoms with Crippen LogP contribution in [0, 0.1) is 0 Å². The molecule has 1 rings (SSSR count). The van der Waals surface area contributed by atoms with Gasteiger partial charge in [0.2, 0.25) is 0 Å². The maximum Gasteiger partial charge on any atom is 0.367 e. The molecule has 0 atom stereocenters. The molecule has 0 aliphatic heterocycles. The van der Waals surface area contributed by atoms with Crippen LogP contribution >= 0.6 is 11.8 Å². The molecule has 0 bridgehead atoms. The summed E-state index contributed by atoms with van der Waals surface area (Å²) >= 11 is 1.07. The maximum atomic E-state index is 11.0. The van der Waals surface area contributed by atoms with Crippen molar-refractivity contribution in [1.29, 1.82) is 0 Å². The first-order valence-electron chi connectivity index (χ1n) is 4.89. The summed E-state index contributed by atoms with van der Waals surface area (Å²) in [5, 5.41) is 2.77. The Hall–Kier alpha value is -1.42. The van der Waals surface area contributed by atoms with Gasteiger partial charge in [-0.05, 0) is 35.3 Å². The number of benzene rings is 1. The third-order valence-corrected chi connectivity index (χ3v) is 2.52. The standard InChI is InChI=1S/C12H15NO2S/c1-3-13-8-10-6-4-5-7-11(10)9-15-12(14)16-2/h3-7,13H,1,8-9H2,2H3. The van der Waals surface area contributed by atoms with E-state index in [0.29, 0.717) is 13.2 Å². The fraction of sp³-hybridized carbons (Fsp3) is 0.250. The smallest absolute Gasteiger partial charge is 0.367 e. The van der Waals surface area contributed by atoms with Crippen LogP contribution < -0.4 is 5.32 Å². The number of hydrogen-bond acceptors (Lipinski definition) is 4. The van der Waals surface area contributed by atoms with Crippen molar-refractivity contribution < 1.29 is 9.53 Å². The van der Waals surface area contributed by atoms with Crippen molar-refractivity contribution in [3.63, 3.8) is 0 Å². The number of thioether (sulfide) groups is 1. The van der Waals surface area contributed by atoms with Crippen LogP contribution in [-0.2, 0) is 17.9 Å². The fourth-order valence-electron chi connectivity index (χ4n) is 1.25. The van der Waals surface area contributed by atoms with Gasteiger partial charge in [0.25, 0.3) is 0 Å². The van der Waals surface area contributed by atoms with Crippen LogP contribution in [0.3, 0.4) is 0 Å². The number of rotatable bonds is 5. The highest BCUT2D eigenvalue weighted by Crippen LogP contribution is 2.11. The van der Waals surface area contributed by atoms with Crippen molar-refractivity contribution in [2.24, 2.45) is 0 Å². The van der Waals surface area contributed by atoms with E-state index >= 15 is 0 Å². The van der Waals surface area contributed by atoms with Crippen molar-refractivity contribution in [2.75, 3.05) is 6.26 Å². The van der Waals surface area contributed by atoms with Gasteiger partial charge in [-0.1, -0.05) is 30.8 Å². The zero-order valence-corrected chi connectivity index (χ0v) is 10.0. The van der Waals surface area contributed by atoms with E-state index in [1.807, 2.05) is 24.3 Å². The van der Waals surface area contributed by atoms with Crippen molar-refractivity contribution in [2.45, 2.75) is 13.2 Å². The number of nitrogens with one attached hydrogen (secondary N) is 1. The lowest BCUT2D eigenvalue weighted by Crippen LogP contribution is -2.08. The number of ether oxygens (including phenoxy) is 1. The summed E-state index contributed by atoms with van der Waals surface area (Å²) in [6.45, 7) is 4.60. The summed E-state index contributed by atoms with van der Waals surface area (Å²) in [5.74, 6) is 0. The van der Waals surface area contributed by atoms with Gasteiger partial charge in [-0.15, -0.1) is 0 Å². The van der Waals surface area contributed by atoms with E-state index in [-0.39, 0.29) is 5.30 Å². The first kappa shape index (κ1) is 12.6. The summed E-state index contributed by atoms with van der Waals surface area (Å²) in [6.07, 6.45) is 3.35. The molecule has 0 heterocycles. The molecule has 1 aromatic carbocycles. The van der Waals surface area contributed by atoms with Crippen molar-refractivity contribution in [3.8, 4) is 0 Å². The van der Waals surface area contributed by atoms with Gasteiger partial charge in [0.1, 0.15) is 6.61 Å². The second-order valence-corrected chi connectivity index (χ2v) is 3.84. The van der Waals surface area contributed by atoms with Crippen molar-refractivity contribution in [1.82, 2.24) is 5.32 Å². The topological polar surface area (TPSA) is 38.3 Å². The quantitative estimate of drug-likeness (QED) is 0.799. The molecule has 0 unspecified atom stereocenters. The van der Waals surface area contributed by atoms with Crippen LogP contribution in [0.5, 0.6) is 0 Å². The Morgan fingerprint density at radius 1 is 1.50 bits per heavy atom. The molecular weight excluding hydrogens is 222 g/mol. The molecule has 0 saturated heterocycles. The Morgan fingerprint density at radius 2 is 2.19 bits per heavy atom. The average molecular weight is 237 g/mol. The molecule has 0 aliphatic rings. The lowest BCUT2D eigenvalue weighted by Gasteiger charge is -2.09. The average Bonchev–Trinajstić information content (AvgIpc) is 2.34. The van der Waals surface area contributed by atoms with Gasteiger partial charge in [0.05, 0.1) is 0 Å². The van der Waals surface area contributed by atoms with E-state index in [4.69, 9.17) is 4.74 Å². The lowest BCUT2D eigenvalue weighted by atomic mass is 10.1. The Labute approximate surface area is 99.9 Å². The molecule has 0 radical (unpaired) electrons. The third kappa shape index (κ3) is 3.98. The maximum absolute atomic E-state index is 11.0. The Morgan fingerprint density at radius 3 is 2.81 bits per heavy atom. The van der Waals surface area contributed by atoms with Gasteiger partial charge in [0.15, 0.2) is 0 Å². The minimum absolute atomic E-state index is 0.258. The second kappa shape index (κ2) is 6.95. The molecule has 4 heteroatoms. The number of hydrogen-bond donors (Lipinski definition) is 1. The van der Waals surface area contributed by atoms with Crippen molar-refractivity contribution >= 4 is 17.1 Å². The van der Waals surface area contributed by atoms with Crippen molar-refractivity contribution in [3.05, 3.63) is 48.2 Å². The predicted molar refractivity (Wildman–Crippen MR) is 67.2 cm³/mol. The number of carbonyl (C=O) groups excluding carboxylic acids is 1. The molecule has 86 valence electrons. The fourth-order valence-corrected chi connectivity index (χ4v) is 1.43. The highest BCUT2D eigenvalue weighted by Gasteiger charge is 2.04. The van der Waals surface area contributed by atoms with Crippen LogP contribution in [0.15, 0.2) is 37.0 Å². The van der Waals surface area contributed by atoms with E-state index in [2.05, 4.69) is 11.9 Å². The lowest BCUT2D eigenvalue weighted by molar-refractivity contribution is 0.168. The van der Waals surface area contributed by atoms with Crippen LogP contribution in [0.25, 0.3) is 0 Å². The molecule has 1 aromatic rings. The van der Waals surface area contributed by atoms with Gasteiger partial charge >= 0.3 is 5.30 Å². The molecule has 0 amide bonds. The predicted octanol–water partition coefficient (Wildman–Crippen LogP) is 2.92. The molecule has 0 fully saturated rings. The van der Waals surface area contributed by atoms with E-state index in [1.165, 1.54) is 0 Å². The second-order valence-electron chi connectivity index (χ2n) is 3.10. The summed E-state index contributed by atoms with van der Waals surface area (Å²) in [4.78, 5) is 11.0. The normalized spacial score (nSPS) is 9.56. The Bertz CT molecular complexity index is 366. The summed E-state index contributed by atoms with van der Waals surface area (Å²) in [5.41, 5.74) is 2.12. The largest absolute Gasteiger partial charge is 0.453 e. The molecule has 3 nitrogen and oxygen atoms in total. The first-order chi connectivity index (χ1) is 7.77. The minimum atomic E-state index is -0.258. The van der Waals surface area contributed by atoms with Gasteiger partial charge in [-0.2, -0.15) is 0 Å². The van der Waals surface area contributed by atoms with E-state index in [1.54, 1.807) is 12.5 Å². The minimum Gasteiger partial charge on any atom is -0.453 e. The molecule has 0 aliphatic carbocycles. The molecule has 0 saturated carbocycles. The van der Waals surface area contributed by atoms with Crippen LogP contribution in [0.4, 0.5) is 4.79 Å². The monoisotopic (exact) mass is 237 g/mol. The molecule has 0 aromatic heterocycles. The first-order valence-corrected chi connectivity index (χ1v) is 6.12. The molecular formula is C12H15NO2S. The SMILES string of the molecule is C=CNCc1ccccc1COC(=O)SC. The van der Waals surface area contributed by atoms with Crippen LogP contribution in [-0.4, -0.2) is 11.6 Å². The molecule has 16 heavy (non-hydrogen) atoms. The number of carbonyl (C=O) groups is 1. The molecule has 1 N–H and O–H groups in total. The van der Waals surface area contributed by atoms with Gasteiger partial charge < -0.3 is 10.1 Å². The Balaban J connectivity index is 2.63. The summed E-state index contributed by atoms with van der Waals surface area (Å²) in [6, 6.07) is 7.84. The van der Waals surface area contributed by atoms with E-state index < -0.39 is 0 Å². The van der Waals surface area contributed by atoms with Crippen LogP contribution in [0.1, 0.15) is 11.1 Å². The van der Waals surface area contributed by atoms with Gasteiger partial charge in [-0.25, -0.2) is 4.79 Å². The zero-order chi connectivity index (χ0) is 11.8. The molecule has 0 spiro atoms. The van der Waals surface area contributed by atoms with E-state index in [0.717, 1.165) is 22.9 Å². The zero-order valence-electron chi connectivity index (χ0n) is 9.23. The van der Waals surface area contributed by atoms with Crippen LogP contribution in [0.2, 0.25) is 0 Å². The third-order valence-electron chi connectivity index (χ3n) is 2.07. The Kier molecular flexibility index (Phi) is 5.50. The van der Waals surface area contributed by atoms with E-state index in [9.17, 15) is 4.79 Å². The summed E-state index contributed by atoms with van der Waals surface area (Å²) in [7, 11) is 0. The highest BCUT2D eigenvalue weighted by atomic mass is 32.2. The van der Waals surface area contributed by atoms with Gasteiger partial charge in [0, 0.05) is 6.54 Å². The highest BCUT2D eigenvalue weighted by molar-refractivity contribution is 8.12. The van der Waals surface area contributed by atoms with Gasteiger partial charge in [-0.3, -0.25) is 0 Å².